The van der Waals surface area contributed by atoms with E-state index >= 15 is 0 Å². The number of hydrogen-bond donors (Lipinski definition) is 2. The lowest BCUT2D eigenvalue weighted by atomic mass is 10.00. The van der Waals surface area contributed by atoms with Gasteiger partial charge in [-0.25, -0.2) is 0 Å². The number of likely N-dealkylation sites (tertiary alicyclic amines) is 1. The van der Waals surface area contributed by atoms with Crippen molar-refractivity contribution >= 4 is 33.7 Å². The van der Waals surface area contributed by atoms with E-state index < -0.39 is 18.2 Å². The summed E-state index contributed by atoms with van der Waals surface area (Å²) in [4.78, 5) is 43.1. The zero-order chi connectivity index (χ0) is 24.6. The van der Waals surface area contributed by atoms with Crippen LogP contribution in [0.25, 0.3) is 0 Å². The molecule has 1 saturated heterocycles. The lowest BCUT2D eigenvalue weighted by molar-refractivity contribution is -0.143. The molecule has 2 aromatic rings. The summed E-state index contributed by atoms with van der Waals surface area (Å²) < 4.78 is 0.948. The van der Waals surface area contributed by atoms with Gasteiger partial charge in [-0.05, 0) is 42.2 Å². The molecule has 1 fully saturated rings. The number of β-amino-alcohol motifs (C(OH)–C–C–N with tert-alkyl or cyclic N) is 1. The summed E-state index contributed by atoms with van der Waals surface area (Å²) in [5.74, 6) is -0.941. The van der Waals surface area contributed by atoms with Gasteiger partial charge >= 0.3 is 0 Å². The molecule has 3 amide bonds. The number of carbonyl (C=O) groups is 3. The van der Waals surface area contributed by atoms with Gasteiger partial charge in [0.1, 0.15) is 12.1 Å². The first-order chi connectivity index (χ1) is 16.2. The molecule has 4 rings (SSSR count). The number of amides is 3. The van der Waals surface area contributed by atoms with E-state index in [4.69, 9.17) is 0 Å². The maximum absolute atomic E-state index is 13.8. The van der Waals surface area contributed by atoms with Crippen LogP contribution in [0, 0.1) is 5.92 Å². The summed E-state index contributed by atoms with van der Waals surface area (Å²) >= 11 is 3.41. The average molecular weight is 528 g/mol. The first-order valence-electron chi connectivity index (χ1n) is 11.6. The van der Waals surface area contributed by atoms with Gasteiger partial charge in [0.2, 0.25) is 11.8 Å². The van der Waals surface area contributed by atoms with Crippen molar-refractivity contribution in [3.8, 4) is 0 Å². The maximum atomic E-state index is 13.8. The number of nitrogens with zero attached hydrogens (tertiary/aromatic N) is 2. The largest absolute Gasteiger partial charge is 0.391 e. The van der Waals surface area contributed by atoms with Gasteiger partial charge in [-0.3, -0.25) is 14.4 Å². The number of halogens is 1. The Bertz CT molecular complexity index is 1090. The number of fused-ring (bicyclic) bond motifs is 1. The highest BCUT2D eigenvalue weighted by atomic mass is 79.9. The van der Waals surface area contributed by atoms with Gasteiger partial charge in [0, 0.05) is 29.5 Å². The van der Waals surface area contributed by atoms with E-state index in [1.807, 2.05) is 63.2 Å². The molecule has 0 saturated carbocycles. The average Bonchev–Trinajstić information content (AvgIpc) is 3.34. The minimum absolute atomic E-state index is 0.0712. The smallest absolute Gasteiger partial charge is 0.255 e. The fraction of sp³-hybridized carbons (Fsp3) is 0.423. The third-order valence-electron chi connectivity index (χ3n) is 6.66. The Balaban J connectivity index is 1.52. The molecule has 8 heteroatoms. The van der Waals surface area contributed by atoms with Crippen molar-refractivity contribution in [3.05, 3.63) is 69.7 Å². The van der Waals surface area contributed by atoms with E-state index in [1.165, 1.54) is 4.90 Å². The van der Waals surface area contributed by atoms with Crippen LogP contribution in [0.15, 0.2) is 53.0 Å². The molecule has 0 spiro atoms. The van der Waals surface area contributed by atoms with Crippen molar-refractivity contribution in [3.63, 3.8) is 0 Å². The van der Waals surface area contributed by atoms with Crippen molar-refractivity contribution in [2.24, 2.45) is 5.92 Å². The fourth-order valence-electron chi connectivity index (χ4n) is 4.90. The van der Waals surface area contributed by atoms with Gasteiger partial charge in [-0.1, -0.05) is 60.1 Å². The zero-order valence-electron chi connectivity index (χ0n) is 19.6. The molecule has 0 unspecified atom stereocenters. The van der Waals surface area contributed by atoms with Gasteiger partial charge in [0.05, 0.1) is 12.1 Å². The first-order valence-corrected chi connectivity index (χ1v) is 12.4. The molecule has 2 aliphatic heterocycles. The molecule has 2 heterocycles. The molecule has 0 aliphatic carbocycles. The van der Waals surface area contributed by atoms with Crippen LogP contribution in [0.2, 0.25) is 0 Å². The van der Waals surface area contributed by atoms with Gasteiger partial charge in [0.15, 0.2) is 0 Å². The summed E-state index contributed by atoms with van der Waals surface area (Å²) in [7, 11) is 0. The molecule has 2 aliphatic rings. The first kappa shape index (κ1) is 24.4. The van der Waals surface area contributed by atoms with Crippen LogP contribution in [0.1, 0.15) is 54.7 Å². The van der Waals surface area contributed by atoms with Crippen LogP contribution in [0.5, 0.6) is 0 Å². The number of aliphatic hydroxyl groups excluding tert-OH is 1. The second-order valence-corrected chi connectivity index (χ2v) is 10.4. The van der Waals surface area contributed by atoms with Gasteiger partial charge in [0.25, 0.3) is 5.91 Å². The van der Waals surface area contributed by atoms with Crippen molar-refractivity contribution in [2.75, 3.05) is 6.54 Å². The SMILES string of the molecule is CC(C)[C@@H](C(=O)N1C[C@H](O)C[C@H]1C(=O)N[C@@H](C)c1ccc(Br)cc1)N1Cc2ccccc2C1=O. The third-order valence-corrected chi connectivity index (χ3v) is 7.19. The molecular weight excluding hydrogens is 498 g/mol. The molecule has 0 radical (unpaired) electrons. The van der Waals surface area contributed by atoms with Crippen molar-refractivity contribution in [1.82, 2.24) is 15.1 Å². The summed E-state index contributed by atoms with van der Waals surface area (Å²) in [6.45, 7) is 6.11. The molecular formula is C26H30BrN3O4. The van der Waals surface area contributed by atoms with E-state index in [9.17, 15) is 19.5 Å². The van der Waals surface area contributed by atoms with Gasteiger partial charge in [-0.15, -0.1) is 0 Å². The Morgan fingerprint density at radius 1 is 1.09 bits per heavy atom. The molecule has 4 atom stereocenters. The highest BCUT2D eigenvalue weighted by Crippen LogP contribution is 2.30. The standard InChI is InChI=1S/C26H30BrN3O4/c1-15(2)23(30-13-18-6-4-5-7-21(18)25(30)33)26(34)29-14-20(31)12-22(29)24(32)28-16(3)17-8-10-19(27)11-9-17/h4-11,15-16,20,22-23,31H,12-14H2,1-3H3,(H,28,32)/t16-,20+,22-,23-/m0/s1. The van der Waals surface area contributed by atoms with Gasteiger partial charge < -0.3 is 20.2 Å². The highest BCUT2D eigenvalue weighted by Gasteiger charge is 2.45. The Labute approximate surface area is 208 Å². The molecule has 0 aromatic heterocycles. The second kappa shape index (κ2) is 9.88. The van der Waals surface area contributed by atoms with Crippen LogP contribution in [-0.2, 0) is 16.1 Å². The lowest BCUT2D eigenvalue weighted by Crippen LogP contribution is -2.55. The summed E-state index contributed by atoms with van der Waals surface area (Å²) in [5, 5.41) is 13.4. The molecule has 7 nitrogen and oxygen atoms in total. The molecule has 0 bridgehead atoms. The van der Waals surface area contributed by atoms with Crippen LogP contribution < -0.4 is 5.32 Å². The number of hydrogen-bond acceptors (Lipinski definition) is 4. The van der Waals surface area contributed by atoms with E-state index in [2.05, 4.69) is 21.2 Å². The quantitative estimate of drug-likeness (QED) is 0.603. The van der Waals surface area contributed by atoms with Crippen molar-refractivity contribution in [2.45, 2.75) is 58.0 Å². The number of nitrogens with one attached hydrogen (secondary N) is 1. The molecule has 2 aromatic carbocycles. The van der Waals surface area contributed by atoms with Crippen LogP contribution in [-0.4, -0.2) is 57.4 Å². The number of benzene rings is 2. The van der Waals surface area contributed by atoms with E-state index in [0.29, 0.717) is 12.1 Å². The molecule has 180 valence electrons. The Kier molecular flexibility index (Phi) is 7.09. The van der Waals surface area contributed by atoms with Gasteiger partial charge in [-0.2, -0.15) is 0 Å². The van der Waals surface area contributed by atoms with Crippen molar-refractivity contribution < 1.29 is 19.5 Å². The summed E-state index contributed by atoms with van der Waals surface area (Å²) in [5.41, 5.74) is 2.44. The molecule has 34 heavy (non-hydrogen) atoms. The van der Waals surface area contributed by atoms with E-state index in [1.54, 1.807) is 11.0 Å². The maximum Gasteiger partial charge on any atom is 0.255 e. The monoisotopic (exact) mass is 527 g/mol. The fourth-order valence-corrected chi connectivity index (χ4v) is 5.16. The number of rotatable bonds is 6. The minimum atomic E-state index is -0.790. The number of aliphatic hydroxyl groups is 1. The second-order valence-electron chi connectivity index (χ2n) is 9.46. The third kappa shape index (κ3) is 4.74. The number of carbonyl (C=O) groups excluding carboxylic acids is 3. The topological polar surface area (TPSA) is 89.9 Å². The van der Waals surface area contributed by atoms with Crippen LogP contribution >= 0.6 is 15.9 Å². The Hall–Kier alpha value is -2.71. The lowest BCUT2D eigenvalue weighted by Gasteiger charge is -2.35. The van der Waals surface area contributed by atoms with Crippen LogP contribution in [0.4, 0.5) is 0 Å². The Morgan fingerprint density at radius 2 is 1.76 bits per heavy atom. The summed E-state index contributed by atoms with van der Waals surface area (Å²) in [6, 6.07) is 13.3. The van der Waals surface area contributed by atoms with Crippen LogP contribution in [0.3, 0.4) is 0 Å². The highest BCUT2D eigenvalue weighted by molar-refractivity contribution is 9.10. The zero-order valence-corrected chi connectivity index (χ0v) is 21.2. The minimum Gasteiger partial charge on any atom is -0.391 e. The summed E-state index contributed by atoms with van der Waals surface area (Å²) in [6.07, 6.45) is -0.620. The predicted octanol–water partition coefficient (Wildman–Crippen LogP) is 3.27. The van der Waals surface area contributed by atoms with E-state index in [0.717, 1.165) is 15.6 Å². The van der Waals surface area contributed by atoms with Crippen molar-refractivity contribution in [1.29, 1.82) is 0 Å². The molecule has 2 N–H and O–H groups in total. The Morgan fingerprint density at radius 3 is 2.41 bits per heavy atom. The normalized spacial score (nSPS) is 21.5. The van der Waals surface area contributed by atoms with E-state index in [-0.39, 0.29) is 42.6 Å². The predicted molar refractivity (Wildman–Crippen MR) is 132 cm³/mol.